The van der Waals surface area contributed by atoms with E-state index in [1.165, 1.54) is 43.1 Å². The summed E-state index contributed by atoms with van der Waals surface area (Å²) >= 11 is 0. The highest BCUT2D eigenvalue weighted by molar-refractivity contribution is 6.33. The minimum atomic E-state index is 0.975. The molecule has 0 fully saturated rings. The lowest BCUT2D eigenvalue weighted by atomic mass is 9.92. The third-order valence-corrected chi connectivity index (χ3v) is 5.32. The van der Waals surface area contributed by atoms with Crippen molar-refractivity contribution in [1.29, 1.82) is 0 Å². The average molecular weight is 330 g/mol. The highest BCUT2D eigenvalue weighted by Crippen LogP contribution is 2.39. The summed E-state index contributed by atoms with van der Waals surface area (Å²) in [6.07, 6.45) is 3.58. The summed E-state index contributed by atoms with van der Waals surface area (Å²) < 4.78 is 0. The van der Waals surface area contributed by atoms with Crippen LogP contribution in [-0.2, 0) is 0 Å². The van der Waals surface area contributed by atoms with Crippen molar-refractivity contribution in [2.75, 3.05) is 0 Å². The van der Waals surface area contributed by atoms with Crippen LogP contribution in [0.2, 0.25) is 0 Å². The van der Waals surface area contributed by atoms with E-state index >= 15 is 0 Å². The summed E-state index contributed by atoms with van der Waals surface area (Å²) in [5.74, 6) is 0. The van der Waals surface area contributed by atoms with Crippen molar-refractivity contribution in [1.82, 2.24) is 9.97 Å². The van der Waals surface area contributed by atoms with Gasteiger partial charge in [0.1, 0.15) is 0 Å². The summed E-state index contributed by atoms with van der Waals surface area (Å²) in [6.45, 7) is 0. The molecule has 0 spiro atoms. The summed E-state index contributed by atoms with van der Waals surface area (Å²) in [5, 5.41) is 9.76. The van der Waals surface area contributed by atoms with Gasteiger partial charge in [0.15, 0.2) is 0 Å². The molecule has 6 aromatic rings. The molecule has 0 saturated heterocycles. The predicted octanol–water partition coefficient (Wildman–Crippen LogP) is 6.24. The van der Waals surface area contributed by atoms with E-state index in [1.807, 2.05) is 0 Å². The Hall–Kier alpha value is -3.52. The van der Waals surface area contributed by atoms with Gasteiger partial charge in [-0.25, -0.2) is 0 Å². The van der Waals surface area contributed by atoms with Crippen molar-refractivity contribution in [2.24, 2.45) is 0 Å². The van der Waals surface area contributed by atoms with Crippen LogP contribution in [0.15, 0.2) is 85.2 Å². The quantitative estimate of drug-likeness (QED) is 0.308. The van der Waals surface area contributed by atoms with Gasteiger partial charge in [-0.1, -0.05) is 72.8 Å². The number of hydrogen-bond acceptors (Lipinski definition) is 2. The third-order valence-electron chi connectivity index (χ3n) is 5.32. The summed E-state index contributed by atoms with van der Waals surface area (Å²) in [6, 6.07) is 25.9. The minimum Gasteiger partial charge on any atom is -0.252 e. The van der Waals surface area contributed by atoms with Crippen LogP contribution in [0.3, 0.4) is 0 Å². The largest absolute Gasteiger partial charge is 0.252 e. The van der Waals surface area contributed by atoms with Crippen LogP contribution in [-0.4, -0.2) is 9.97 Å². The summed E-state index contributed by atoms with van der Waals surface area (Å²) in [7, 11) is 0. The molecule has 0 saturated carbocycles. The topological polar surface area (TPSA) is 25.8 Å². The Bertz CT molecular complexity index is 1350. The van der Waals surface area contributed by atoms with Crippen LogP contribution < -0.4 is 0 Å². The van der Waals surface area contributed by atoms with E-state index in [0.29, 0.717) is 0 Å². The fourth-order valence-electron chi connectivity index (χ4n) is 4.21. The molecule has 0 aliphatic heterocycles. The second kappa shape index (κ2) is 4.99. The number of benzene rings is 5. The maximum absolute atomic E-state index is 4.75. The molecule has 0 bridgehead atoms. The molecule has 5 aromatic carbocycles. The van der Waals surface area contributed by atoms with Crippen molar-refractivity contribution in [3.63, 3.8) is 0 Å². The van der Waals surface area contributed by atoms with Gasteiger partial charge in [-0.15, -0.1) is 0 Å². The van der Waals surface area contributed by atoms with Crippen molar-refractivity contribution in [2.45, 2.75) is 0 Å². The van der Waals surface area contributed by atoms with Crippen LogP contribution in [0.5, 0.6) is 0 Å². The first-order valence-electron chi connectivity index (χ1n) is 8.77. The second-order valence-electron chi connectivity index (χ2n) is 6.67. The van der Waals surface area contributed by atoms with Gasteiger partial charge in [0.25, 0.3) is 0 Å². The first-order chi connectivity index (χ1) is 12.9. The zero-order valence-electron chi connectivity index (χ0n) is 14.0. The Kier molecular flexibility index (Phi) is 2.64. The Labute approximate surface area is 149 Å². The number of rotatable bonds is 0. The number of fused-ring (bicyclic) bond motifs is 10. The highest BCUT2D eigenvalue weighted by Gasteiger charge is 2.14. The molecule has 120 valence electrons. The van der Waals surface area contributed by atoms with E-state index in [-0.39, 0.29) is 0 Å². The Morgan fingerprint density at radius 3 is 1.38 bits per heavy atom. The molecule has 0 unspecified atom stereocenters. The molecule has 0 N–H and O–H groups in total. The lowest BCUT2D eigenvalue weighted by Gasteiger charge is -2.13. The first-order valence-corrected chi connectivity index (χ1v) is 8.77. The van der Waals surface area contributed by atoms with Gasteiger partial charge < -0.3 is 0 Å². The van der Waals surface area contributed by atoms with Gasteiger partial charge >= 0.3 is 0 Å². The zero-order valence-corrected chi connectivity index (χ0v) is 14.0. The zero-order chi connectivity index (χ0) is 17.1. The van der Waals surface area contributed by atoms with Crippen molar-refractivity contribution in [3.8, 4) is 0 Å². The lowest BCUT2D eigenvalue weighted by molar-refractivity contribution is 1.31. The fraction of sp³-hybridized carbons (Fsp3) is 0. The second-order valence-corrected chi connectivity index (χ2v) is 6.67. The fourth-order valence-corrected chi connectivity index (χ4v) is 4.21. The van der Waals surface area contributed by atoms with Crippen molar-refractivity contribution < 1.29 is 0 Å². The van der Waals surface area contributed by atoms with Crippen molar-refractivity contribution >= 4 is 54.1 Å². The van der Waals surface area contributed by atoms with E-state index in [2.05, 4.69) is 72.8 Å². The molecular formula is C24H14N2. The SMILES string of the molecule is c1ccc2c(c1)ccc1c3ccc4ccccc4c3c3nccnc3c21. The van der Waals surface area contributed by atoms with E-state index in [9.17, 15) is 0 Å². The molecule has 2 heteroatoms. The molecule has 0 aliphatic carbocycles. The minimum absolute atomic E-state index is 0.975. The number of aromatic nitrogens is 2. The van der Waals surface area contributed by atoms with Crippen LogP contribution in [0.25, 0.3) is 54.1 Å². The predicted molar refractivity (Wildman–Crippen MR) is 110 cm³/mol. The molecule has 0 amide bonds. The van der Waals surface area contributed by atoms with Crippen LogP contribution in [0, 0.1) is 0 Å². The molecule has 1 aromatic heterocycles. The van der Waals surface area contributed by atoms with Crippen molar-refractivity contribution in [3.05, 3.63) is 85.2 Å². The Balaban J connectivity index is 2.04. The number of hydrogen-bond donors (Lipinski definition) is 0. The highest BCUT2D eigenvalue weighted by atomic mass is 14.8. The van der Waals surface area contributed by atoms with E-state index in [0.717, 1.165) is 11.0 Å². The van der Waals surface area contributed by atoms with Gasteiger partial charge in [-0.05, 0) is 32.3 Å². The molecule has 0 atom stereocenters. The monoisotopic (exact) mass is 330 g/mol. The molecule has 6 rings (SSSR count). The Morgan fingerprint density at radius 1 is 0.423 bits per heavy atom. The summed E-state index contributed by atoms with van der Waals surface area (Å²) in [5.41, 5.74) is 1.95. The molecular weight excluding hydrogens is 316 g/mol. The van der Waals surface area contributed by atoms with Crippen LogP contribution >= 0.6 is 0 Å². The van der Waals surface area contributed by atoms with E-state index in [4.69, 9.17) is 9.97 Å². The molecule has 26 heavy (non-hydrogen) atoms. The Morgan fingerprint density at radius 2 is 0.885 bits per heavy atom. The van der Waals surface area contributed by atoms with Gasteiger partial charge in [0.2, 0.25) is 0 Å². The van der Waals surface area contributed by atoms with Gasteiger partial charge in [-0.3, -0.25) is 9.97 Å². The maximum atomic E-state index is 4.75. The van der Waals surface area contributed by atoms with Gasteiger partial charge in [0.05, 0.1) is 11.0 Å². The first kappa shape index (κ1) is 13.7. The van der Waals surface area contributed by atoms with Crippen LogP contribution in [0.4, 0.5) is 0 Å². The normalized spacial score (nSPS) is 11.8. The van der Waals surface area contributed by atoms with E-state index < -0.39 is 0 Å². The number of nitrogens with zero attached hydrogens (tertiary/aromatic N) is 2. The average Bonchev–Trinajstić information content (AvgIpc) is 2.73. The standard InChI is InChI=1S/C24H14N2/c1-3-7-17-15(5-1)9-11-19-20-12-10-16-6-2-4-8-18(16)22(20)24-23(21(17)19)25-13-14-26-24/h1-14H. The smallest absolute Gasteiger partial charge is 0.0978 e. The summed E-state index contributed by atoms with van der Waals surface area (Å²) in [4.78, 5) is 9.51. The van der Waals surface area contributed by atoms with Crippen LogP contribution in [0.1, 0.15) is 0 Å². The molecule has 2 nitrogen and oxygen atoms in total. The van der Waals surface area contributed by atoms with Gasteiger partial charge in [0, 0.05) is 23.2 Å². The van der Waals surface area contributed by atoms with Gasteiger partial charge in [-0.2, -0.15) is 0 Å². The molecule has 0 radical (unpaired) electrons. The molecule has 1 heterocycles. The molecule has 0 aliphatic rings. The van der Waals surface area contributed by atoms with E-state index in [1.54, 1.807) is 12.4 Å². The third kappa shape index (κ3) is 1.71. The lowest BCUT2D eigenvalue weighted by Crippen LogP contribution is -1.90. The maximum Gasteiger partial charge on any atom is 0.0978 e.